The Bertz CT molecular complexity index is 837. The number of hydrogen-bond donors (Lipinski definition) is 2. The summed E-state index contributed by atoms with van der Waals surface area (Å²) < 4.78 is 5.21. The van der Waals surface area contributed by atoms with Crippen molar-refractivity contribution in [1.82, 2.24) is 20.7 Å². The minimum absolute atomic E-state index is 0.142. The molecule has 144 valence electrons. The van der Waals surface area contributed by atoms with Gasteiger partial charge in [-0.2, -0.15) is 5.10 Å². The zero-order valence-corrected chi connectivity index (χ0v) is 16.2. The lowest BCUT2D eigenvalue weighted by Crippen LogP contribution is -2.49. The molecule has 27 heavy (non-hydrogen) atoms. The van der Waals surface area contributed by atoms with Crippen LogP contribution in [0, 0.1) is 5.92 Å². The Morgan fingerprint density at radius 2 is 1.89 bits per heavy atom. The number of ether oxygens (including phenoxy) is 1. The molecule has 2 rings (SSSR count). The number of hydrazone groups is 1. The minimum atomic E-state index is -0.774. The van der Waals surface area contributed by atoms with Crippen LogP contribution in [0.2, 0.25) is 0 Å². The second kappa shape index (κ2) is 8.57. The largest absolute Gasteiger partial charge is 0.444 e. The summed E-state index contributed by atoms with van der Waals surface area (Å²) >= 11 is 0. The molecular weight excluding hydrogens is 346 g/mol. The van der Waals surface area contributed by atoms with Crippen molar-refractivity contribution in [1.29, 1.82) is 0 Å². The van der Waals surface area contributed by atoms with E-state index in [9.17, 15) is 9.59 Å². The molecule has 0 saturated heterocycles. The maximum Gasteiger partial charge on any atom is 0.408 e. The van der Waals surface area contributed by atoms with Crippen LogP contribution in [-0.2, 0) is 9.53 Å². The van der Waals surface area contributed by atoms with Crippen LogP contribution in [-0.4, -0.2) is 39.8 Å². The van der Waals surface area contributed by atoms with E-state index in [0.717, 1.165) is 11.1 Å². The van der Waals surface area contributed by atoms with Gasteiger partial charge in [0.25, 0.3) is 5.91 Å². The van der Waals surface area contributed by atoms with Gasteiger partial charge < -0.3 is 10.1 Å². The Balaban J connectivity index is 2.05. The number of nitrogens with one attached hydrogen (secondary N) is 2. The number of carbonyl (C=O) groups is 2. The lowest BCUT2D eigenvalue weighted by molar-refractivity contribution is -0.124. The van der Waals surface area contributed by atoms with Crippen molar-refractivity contribution in [2.24, 2.45) is 11.0 Å². The number of amides is 2. The van der Waals surface area contributed by atoms with Crippen molar-refractivity contribution in [3.05, 3.63) is 36.2 Å². The average molecular weight is 371 g/mol. The number of carbonyl (C=O) groups excluding carboxylic acids is 2. The second-order valence-electron chi connectivity index (χ2n) is 7.37. The first kappa shape index (κ1) is 20.3. The third-order valence-electron chi connectivity index (χ3n) is 3.53. The maximum absolute atomic E-state index is 12.4. The standard InChI is InChI=1S/C19H25N5O3/c1-12(2)15(23-18(26)27-19(3,4)5)17(25)24-22-11-13-7-6-8-14-16(13)21-10-9-20-14/h6-12,15H,1-5H3,(H,23,26)(H,24,25)/t15-/m0/s1. The van der Waals surface area contributed by atoms with Crippen LogP contribution in [0.5, 0.6) is 0 Å². The van der Waals surface area contributed by atoms with Crippen LogP contribution in [0.1, 0.15) is 40.2 Å². The topological polar surface area (TPSA) is 106 Å². The summed E-state index contributed by atoms with van der Waals surface area (Å²) in [6.45, 7) is 8.93. The summed E-state index contributed by atoms with van der Waals surface area (Å²) in [4.78, 5) is 32.9. The van der Waals surface area contributed by atoms with Gasteiger partial charge in [0, 0.05) is 18.0 Å². The van der Waals surface area contributed by atoms with Gasteiger partial charge in [-0.05, 0) is 32.8 Å². The number of aromatic nitrogens is 2. The molecule has 1 atom stereocenters. The lowest BCUT2D eigenvalue weighted by Gasteiger charge is -2.24. The van der Waals surface area contributed by atoms with E-state index in [4.69, 9.17) is 4.74 Å². The van der Waals surface area contributed by atoms with Gasteiger partial charge in [-0.15, -0.1) is 0 Å². The first-order chi connectivity index (χ1) is 12.7. The van der Waals surface area contributed by atoms with Gasteiger partial charge in [0.2, 0.25) is 0 Å². The molecule has 0 aliphatic rings. The van der Waals surface area contributed by atoms with Gasteiger partial charge in [-0.3, -0.25) is 14.8 Å². The predicted octanol–water partition coefficient (Wildman–Crippen LogP) is 2.63. The van der Waals surface area contributed by atoms with Crippen LogP contribution in [0.3, 0.4) is 0 Å². The minimum Gasteiger partial charge on any atom is -0.444 e. The number of para-hydroxylation sites is 1. The van der Waals surface area contributed by atoms with E-state index >= 15 is 0 Å². The van der Waals surface area contributed by atoms with E-state index in [-0.39, 0.29) is 5.92 Å². The van der Waals surface area contributed by atoms with Crippen LogP contribution in [0.25, 0.3) is 11.0 Å². The highest BCUT2D eigenvalue weighted by molar-refractivity contribution is 5.96. The SMILES string of the molecule is CC(C)[C@H](NC(=O)OC(C)(C)C)C(=O)NN=Cc1cccc2nccnc12. The van der Waals surface area contributed by atoms with Gasteiger partial charge >= 0.3 is 6.09 Å². The zero-order valence-electron chi connectivity index (χ0n) is 16.2. The highest BCUT2D eigenvalue weighted by Gasteiger charge is 2.26. The third-order valence-corrected chi connectivity index (χ3v) is 3.53. The van der Waals surface area contributed by atoms with Crippen molar-refractivity contribution in [3.8, 4) is 0 Å². The third kappa shape index (κ3) is 6.02. The van der Waals surface area contributed by atoms with E-state index < -0.39 is 23.6 Å². The van der Waals surface area contributed by atoms with Gasteiger partial charge in [-0.1, -0.05) is 26.0 Å². The maximum atomic E-state index is 12.4. The summed E-state index contributed by atoms with van der Waals surface area (Å²) in [7, 11) is 0. The summed E-state index contributed by atoms with van der Waals surface area (Å²) in [5, 5.41) is 6.57. The van der Waals surface area contributed by atoms with E-state index in [1.165, 1.54) is 6.21 Å². The number of nitrogens with zero attached hydrogens (tertiary/aromatic N) is 3. The highest BCUT2D eigenvalue weighted by Crippen LogP contribution is 2.12. The van der Waals surface area contributed by atoms with Gasteiger partial charge in [0.1, 0.15) is 11.6 Å². The van der Waals surface area contributed by atoms with Gasteiger partial charge in [0.05, 0.1) is 17.2 Å². The first-order valence-corrected chi connectivity index (χ1v) is 8.69. The summed E-state index contributed by atoms with van der Waals surface area (Å²) in [6, 6.07) is 4.73. The van der Waals surface area contributed by atoms with Crippen LogP contribution >= 0.6 is 0 Å². The van der Waals surface area contributed by atoms with E-state index in [1.54, 1.807) is 33.2 Å². The average Bonchev–Trinajstić information content (AvgIpc) is 2.58. The fourth-order valence-electron chi connectivity index (χ4n) is 2.32. The molecule has 1 heterocycles. The van der Waals surface area contributed by atoms with Gasteiger partial charge in [0.15, 0.2) is 0 Å². The van der Waals surface area contributed by atoms with Crippen molar-refractivity contribution in [2.45, 2.75) is 46.3 Å². The molecule has 0 aliphatic heterocycles. The number of rotatable bonds is 5. The fourth-order valence-corrected chi connectivity index (χ4v) is 2.32. The van der Waals surface area contributed by atoms with Crippen molar-refractivity contribution >= 4 is 29.2 Å². The Hall–Kier alpha value is -3.03. The Labute approximate surface area is 158 Å². The van der Waals surface area contributed by atoms with Crippen LogP contribution < -0.4 is 10.7 Å². The molecule has 2 aromatic rings. The molecule has 8 heteroatoms. The van der Waals surface area contributed by atoms with Crippen molar-refractivity contribution in [3.63, 3.8) is 0 Å². The first-order valence-electron chi connectivity index (χ1n) is 8.69. The number of alkyl carbamates (subject to hydrolysis) is 1. The summed E-state index contributed by atoms with van der Waals surface area (Å²) in [6.07, 6.45) is 4.06. The Kier molecular flexibility index (Phi) is 6.44. The molecule has 0 saturated carbocycles. The lowest BCUT2D eigenvalue weighted by atomic mass is 10.0. The molecule has 2 amide bonds. The molecule has 0 radical (unpaired) electrons. The van der Waals surface area contributed by atoms with E-state index in [1.807, 2.05) is 32.0 Å². The van der Waals surface area contributed by atoms with Crippen molar-refractivity contribution in [2.75, 3.05) is 0 Å². The van der Waals surface area contributed by atoms with E-state index in [0.29, 0.717) is 5.52 Å². The molecular formula is C19H25N5O3. The molecule has 8 nitrogen and oxygen atoms in total. The molecule has 1 aromatic carbocycles. The number of benzene rings is 1. The fraction of sp³-hybridized carbons (Fsp3) is 0.421. The van der Waals surface area contributed by atoms with Gasteiger partial charge in [-0.25, -0.2) is 10.2 Å². The molecule has 0 fully saturated rings. The highest BCUT2D eigenvalue weighted by atomic mass is 16.6. The number of fused-ring (bicyclic) bond motifs is 1. The quantitative estimate of drug-likeness (QED) is 0.621. The molecule has 0 spiro atoms. The molecule has 0 aliphatic carbocycles. The van der Waals surface area contributed by atoms with Crippen LogP contribution in [0.15, 0.2) is 35.7 Å². The molecule has 1 aromatic heterocycles. The Morgan fingerprint density at radius 3 is 2.56 bits per heavy atom. The smallest absolute Gasteiger partial charge is 0.408 e. The summed E-state index contributed by atoms with van der Waals surface area (Å²) in [5.41, 5.74) is 3.96. The molecule has 0 bridgehead atoms. The zero-order chi connectivity index (χ0) is 20.0. The number of hydrogen-bond acceptors (Lipinski definition) is 6. The molecule has 2 N–H and O–H groups in total. The summed E-state index contributed by atoms with van der Waals surface area (Å²) in [5.74, 6) is -0.574. The van der Waals surface area contributed by atoms with Crippen molar-refractivity contribution < 1.29 is 14.3 Å². The van der Waals surface area contributed by atoms with Crippen LogP contribution in [0.4, 0.5) is 4.79 Å². The van der Waals surface area contributed by atoms with E-state index in [2.05, 4.69) is 25.8 Å². The second-order valence-corrected chi connectivity index (χ2v) is 7.37. The predicted molar refractivity (Wildman–Crippen MR) is 103 cm³/mol. The normalized spacial score (nSPS) is 13.0. The monoisotopic (exact) mass is 371 g/mol. The Morgan fingerprint density at radius 1 is 1.19 bits per heavy atom. The molecule has 0 unspecified atom stereocenters.